The van der Waals surface area contributed by atoms with Crippen molar-refractivity contribution in [2.24, 2.45) is 0 Å². The predicted octanol–water partition coefficient (Wildman–Crippen LogP) is 5.70. The summed E-state index contributed by atoms with van der Waals surface area (Å²) in [5, 5.41) is 9.20. The molecule has 0 aliphatic carbocycles. The molecule has 2 aromatic carbocycles. The number of benzene rings is 2. The summed E-state index contributed by atoms with van der Waals surface area (Å²) in [4.78, 5) is 12.1. The van der Waals surface area contributed by atoms with Gasteiger partial charge in [0.25, 0.3) is 0 Å². The van der Waals surface area contributed by atoms with Crippen LogP contribution in [0.15, 0.2) is 65.6 Å². The number of aliphatic carboxylic acids is 1. The van der Waals surface area contributed by atoms with Crippen molar-refractivity contribution in [2.45, 2.75) is 13.8 Å². The largest absolute Gasteiger partial charge is 0.477 e. The minimum Gasteiger partial charge on any atom is -0.477 e. The van der Waals surface area contributed by atoms with Gasteiger partial charge in [0.05, 0.1) is 4.91 Å². The van der Waals surface area contributed by atoms with Crippen molar-refractivity contribution in [1.29, 1.82) is 0 Å². The van der Waals surface area contributed by atoms with Crippen LogP contribution in [0.2, 0.25) is 0 Å². The van der Waals surface area contributed by atoms with Gasteiger partial charge in [-0.1, -0.05) is 42.1 Å². The zero-order valence-corrected chi connectivity index (χ0v) is 14.2. The maximum atomic E-state index is 13.1. The van der Waals surface area contributed by atoms with E-state index in [1.807, 2.05) is 0 Å². The number of halogens is 1. The molecule has 0 saturated carbocycles. The van der Waals surface area contributed by atoms with Crippen molar-refractivity contribution in [1.82, 2.24) is 0 Å². The highest BCUT2D eigenvalue weighted by atomic mass is 32.2. The van der Waals surface area contributed by atoms with Crippen molar-refractivity contribution in [3.8, 4) is 11.5 Å². The summed E-state index contributed by atoms with van der Waals surface area (Å²) in [5.74, 6) is -0.361. The van der Waals surface area contributed by atoms with Crippen LogP contribution in [0.4, 0.5) is 4.39 Å². The van der Waals surface area contributed by atoms with Crippen LogP contribution in [-0.2, 0) is 4.79 Å². The van der Waals surface area contributed by atoms with E-state index >= 15 is 0 Å². The van der Waals surface area contributed by atoms with E-state index in [-0.39, 0.29) is 10.7 Å². The van der Waals surface area contributed by atoms with Crippen molar-refractivity contribution in [3.05, 3.63) is 77.0 Å². The topological polar surface area (TPSA) is 46.5 Å². The molecule has 0 saturated heterocycles. The number of rotatable bonds is 6. The summed E-state index contributed by atoms with van der Waals surface area (Å²) in [5.41, 5.74) is 1.52. The smallest absolute Gasteiger partial charge is 0.342 e. The van der Waals surface area contributed by atoms with E-state index in [1.165, 1.54) is 12.1 Å². The molecule has 0 amide bonds. The summed E-state index contributed by atoms with van der Waals surface area (Å²) in [6.45, 7) is 7.43. The molecule has 0 bridgehead atoms. The maximum absolute atomic E-state index is 13.1. The van der Waals surface area contributed by atoms with Crippen LogP contribution in [0.1, 0.15) is 19.4 Å². The predicted molar refractivity (Wildman–Crippen MR) is 95.6 cm³/mol. The van der Waals surface area contributed by atoms with E-state index in [2.05, 4.69) is 6.58 Å². The molecule has 5 heteroatoms. The van der Waals surface area contributed by atoms with E-state index in [0.717, 1.165) is 22.9 Å². The van der Waals surface area contributed by atoms with Gasteiger partial charge >= 0.3 is 5.97 Å². The Morgan fingerprint density at radius 2 is 1.79 bits per heavy atom. The molecule has 0 aliphatic heterocycles. The molecule has 0 unspecified atom stereocenters. The van der Waals surface area contributed by atoms with Crippen LogP contribution < -0.4 is 4.74 Å². The van der Waals surface area contributed by atoms with Crippen LogP contribution in [0.25, 0.3) is 4.91 Å². The average Bonchev–Trinajstić information content (AvgIpc) is 2.52. The minimum atomic E-state index is -0.966. The molecule has 0 radical (unpaired) electrons. The normalized spacial score (nSPS) is 10.1. The SMILES string of the molecule is C=C(SC(C(=O)O)=C(C)C)c1ccc(Oc2cccc(F)c2)cc1. The highest BCUT2D eigenvalue weighted by Gasteiger charge is 2.13. The third-order valence-electron chi connectivity index (χ3n) is 3.08. The molecule has 2 aromatic rings. The number of carboxylic acids is 1. The summed E-state index contributed by atoms with van der Waals surface area (Å²) < 4.78 is 18.7. The van der Waals surface area contributed by atoms with Gasteiger partial charge in [0.15, 0.2) is 0 Å². The lowest BCUT2D eigenvalue weighted by Gasteiger charge is -2.10. The lowest BCUT2D eigenvalue weighted by Crippen LogP contribution is -1.99. The van der Waals surface area contributed by atoms with E-state index in [9.17, 15) is 14.3 Å². The fourth-order valence-corrected chi connectivity index (χ4v) is 2.71. The Labute approximate surface area is 144 Å². The number of thioether (sulfide) groups is 1. The Kier molecular flexibility index (Phi) is 5.82. The molecule has 0 heterocycles. The number of carbonyl (C=O) groups is 1. The number of hydrogen-bond acceptors (Lipinski definition) is 3. The zero-order chi connectivity index (χ0) is 17.7. The zero-order valence-electron chi connectivity index (χ0n) is 13.4. The number of ether oxygens (including phenoxy) is 1. The standard InChI is InChI=1S/C19H17FO3S/c1-12(2)18(19(21)22)24-13(3)14-7-9-16(10-8-14)23-17-6-4-5-15(20)11-17/h4-11H,3H2,1-2H3,(H,21,22). The molecule has 0 atom stereocenters. The highest BCUT2D eigenvalue weighted by molar-refractivity contribution is 8.12. The lowest BCUT2D eigenvalue weighted by atomic mass is 10.2. The van der Waals surface area contributed by atoms with Crippen molar-refractivity contribution >= 4 is 22.6 Å². The maximum Gasteiger partial charge on any atom is 0.342 e. The first-order valence-corrected chi connectivity index (χ1v) is 8.00. The second kappa shape index (κ2) is 7.84. The van der Waals surface area contributed by atoms with Crippen molar-refractivity contribution < 1.29 is 19.0 Å². The molecular formula is C19H17FO3S. The van der Waals surface area contributed by atoms with Crippen LogP contribution in [0.5, 0.6) is 11.5 Å². The number of allylic oxidation sites excluding steroid dienone is 1. The first-order chi connectivity index (χ1) is 11.4. The van der Waals surface area contributed by atoms with Crippen molar-refractivity contribution in [2.75, 3.05) is 0 Å². The van der Waals surface area contributed by atoms with E-state index < -0.39 is 5.97 Å². The van der Waals surface area contributed by atoms with Gasteiger partial charge in [-0.3, -0.25) is 0 Å². The fraction of sp³-hybridized carbons (Fsp3) is 0.105. The Balaban J connectivity index is 2.10. The first kappa shape index (κ1) is 17.8. The Bertz CT molecular complexity index is 791. The molecule has 3 nitrogen and oxygen atoms in total. The lowest BCUT2D eigenvalue weighted by molar-refractivity contribution is -0.131. The molecule has 0 spiro atoms. The van der Waals surface area contributed by atoms with E-state index in [1.54, 1.807) is 50.2 Å². The molecule has 124 valence electrons. The Morgan fingerprint density at radius 3 is 2.33 bits per heavy atom. The molecule has 24 heavy (non-hydrogen) atoms. The van der Waals surface area contributed by atoms with E-state index in [4.69, 9.17) is 4.74 Å². The van der Waals surface area contributed by atoms with Crippen molar-refractivity contribution in [3.63, 3.8) is 0 Å². The van der Waals surface area contributed by atoms with Gasteiger partial charge in [-0.2, -0.15) is 0 Å². The Morgan fingerprint density at radius 1 is 1.12 bits per heavy atom. The third-order valence-corrected chi connectivity index (χ3v) is 4.35. The average molecular weight is 344 g/mol. The highest BCUT2D eigenvalue weighted by Crippen LogP contribution is 2.35. The van der Waals surface area contributed by atoms with Crippen LogP contribution in [0.3, 0.4) is 0 Å². The second-order valence-electron chi connectivity index (χ2n) is 5.24. The van der Waals surface area contributed by atoms with Crippen LogP contribution in [-0.4, -0.2) is 11.1 Å². The van der Waals surface area contributed by atoms with Gasteiger partial charge in [-0.15, -0.1) is 0 Å². The Hall–Kier alpha value is -2.53. The fourth-order valence-electron chi connectivity index (χ4n) is 1.92. The molecular weight excluding hydrogens is 327 g/mol. The quantitative estimate of drug-likeness (QED) is 0.683. The molecule has 2 rings (SSSR count). The van der Waals surface area contributed by atoms with Crippen LogP contribution in [0, 0.1) is 5.82 Å². The molecule has 0 aromatic heterocycles. The van der Waals surface area contributed by atoms with Gasteiger partial charge in [-0.25, -0.2) is 9.18 Å². The van der Waals surface area contributed by atoms with Crippen LogP contribution >= 0.6 is 11.8 Å². The summed E-state index contributed by atoms with van der Waals surface area (Å²) in [7, 11) is 0. The molecule has 0 aliphatic rings. The van der Waals surface area contributed by atoms with Gasteiger partial charge in [0.1, 0.15) is 17.3 Å². The summed E-state index contributed by atoms with van der Waals surface area (Å²) in [6.07, 6.45) is 0. The molecule has 0 fully saturated rings. The summed E-state index contributed by atoms with van der Waals surface area (Å²) >= 11 is 1.12. The number of hydrogen-bond donors (Lipinski definition) is 1. The van der Waals surface area contributed by atoms with Gasteiger partial charge in [-0.05, 0) is 43.7 Å². The second-order valence-corrected chi connectivity index (χ2v) is 6.35. The van der Waals surface area contributed by atoms with E-state index in [0.29, 0.717) is 16.4 Å². The number of carboxylic acid groups (broad SMARTS) is 1. The van der Waals surface area contributed by atoms with Gasteiger partial charge in [0.2, 0.25) is 0 Å². The minimum absolute atomic E-state index is 0.264. The summed E-state index contributed by atoms with van der Waals surface area (Å²) in [6, 6.07) is 12.9. The van der Waals surface area contributed by atoms with Gasteiger partial charge < -0.3 is 9.84 Å². The first-order valence-electron chi connectivity index (χ1n) is 7.18. The monoisotopic (exact) mass is 344 g/mol. The van der Waals surface area contributed by atoms with Gasteiger partial charge in [0, 0.05) is 11.0 Å². The molecule has 1 N–H and O–H groups in total. The third kappa shape index (κ3) is 4.73.